The van der Waals surface area contributed by atoms with E-state index >= 15 is 0 Å². The molecule has 9 aromatic rings. The highest BCUT2D eigenvalue weighted by Gasteiger charge is 2.27. The van der Waals surface area contributed by atoms with E-state index in [0.29, 0.717) is 0 Å². The van der Waals surface area contributed by atoms with Gasteiger partial charge in [0.1, 0.15) is 0 Å². The van der Waals surface area contributed by atoms with Crippen LogP contribution in [0, 0.1) is 0 Å². The molecule has 52 heavy (non-hydrogen) atoms. The van der Waals surface area contributed by atoms with Gasteiger partial charge in [0, 0.05) is 70.2 Å². The number of aromatic nitrogens is 8. The molecule has 2 aliphatic rings. The summed E-state index contributed by atoms with van der Waals surface area (Å²) in [6, 6.07) is 28.3. The molecule has 246 valence electrons. The molecule has 6 aromatic heterocycles. The number of hydrogen-bond acceptors (Lipinski definition) is 6. The third kappa shape index (κ3) is 4.40. The van der Waals surface area contributed by atoms with E-state index in [1.807, 2.05) is 61.4 Å². The first-order valence-corrected chi connectivity index (χ1v) is 17.7. The van der Waals surface area contributed by atoms with Gasteiger partial charge in [-0.25, -0.2) is 19.9 Å². The van der Waals surface area contributed by atoms with Gasteiger partial charge in [-0.05, 0) is 138 Å². The number of nitrogens with zero attached hydrogens (tertiary/aromatic N) is 8. The SMILES string of the molecule is C1=C(c2ncccn2)CCc2c1c1cc3c(cc1n2-c1cccnc1)-c1cc2c(cc1CC3)c1cc(-c3ncccn3)ccc1n2-c1cccnc1. The molecule has 6 heterocycles. The molecule has 0 radical (unpaired) electrons. The first-order valence-electron chi connectivity index (χ1n) is 17.7. The number of hydrogen-bond donors (Lipinski definition) is 0. The Hall–Kier alpha value is -6.80. The fraction of sp³-hybridized carbons (Fsp3) is 0.0909. The van der Waals surface area contributed by atoms with Crippen LogP contribution in [0.4, 0.5) is 0 Å². The second-order valence-electron chi connectivity index (χ2n) is 13.6. The van der Waals surface area contributed by atoms with Crippen molar-refractivity contribution in [3.8, 4) is 33.9 Å². The minimum absolute atomic E-state index is 0.722. The second kappa shape index (κ2) is 11.4. The molecule has 0 saturated heterocycles. The lowest BCUT2D eigenvalue weighted by Gasteiger charge is -2.21. The Balaban J connectivity index is 1.16. The van der Waals surface area contributed by atoms with Crippen molar-refractivity contribution in [1.82, 2.24) is 39.0 Å². The third-order valence-corrected chi connectivity index (χ3v) is 10.7. The Morgan fingerprint density at radius 3 is 1.77 bits per heavy atom. The van der Waals surface area contributed by atoms with Crippen molar-refractivity contribution in [2.45, 2.75) is 25.7 Å². The first kappa shape index (κ1) is 29.0. The zero-order valence-electron chi connectivity index (χ0n) is 28.1. The van der Waals surface area contributed by atoms with Crippen LogP contribution in [-0.2, 0) is 19.3 Å². The molecule has 0 atom stereocenters. The van der Waals surface area contributed by atoms with Gasteiger partial charge >= 0.3 is 0 Å². The van der Waals surface area contributed by atoms with Crippen LogP contribution in [0.2, 0.25) is 0 Å². The number of fused-ring (bicyclic) bond motifs is 9. The Bertz CT molecular complexity index is 2870. The van der Waals surface area contributed by atoms with Crippen molar-refractivity contribution in [1.29, 1.82) is 0 Å². The summed E-state index contributed by atoms with van der Waals surface area (Å²) in [6.45, 7) is 0. The molecule has 0 spiro atoms. The highest BCUT2D eigenvalue weighted by atomic mass is 15.0. The monoisotopic (exact) mass is 670 g/mol. The molecule has 0 bridgehead atoms. The van der Waals surface area contributed by atoms with E-state index in [1.54, 1.807) is 12.4 Å². The van der Waals surface area contributed by atoms with E-state index in [0.717, 1.165) is 65.3 Å². The fourth-order valence-electron chi connectivity index (χ4n) is 8.43. The highest BCUT2D eigenvalue weighted by molar-refractivity contribution is 6.12. The van der Waals surface area contributed by atoms with Crippen LogP contribution in [0.25, 0.3) is 78.2 Å². The topological polar surface area (TPSA) is 87.2 Å². The highest BCUT2D eigenvalue weighted by Crippen LogP contribution is 2.45. The molecular weight excluding hydrogens is 641 g/mol. The molecule has 0 saturated carbocycles. The van der Waals surface area contributed by atoms with Crippen molar-refractivity contribution in [2.24, 2.45) is 0 Å². The maximum Gasteiger partial charge on any atom is 0.159 e. The van der Waals surface area contributed by atoms with Gasteiger partial charge in [-0.3, -0.25) is 9.97 Å². The zero-order valence-corrected chi connectivity index (χ0v) is 28.1. The molecule has 8 heteroatoms. The summed E-state index contributed by atoms with van der Waals surface area (Å²) in [5.41, 5.74) is 15.6. The number of aryl methyl sites for hydroxylation is 2. The summed E-state index contributed by atoms with van der Waals surface area (Å²) in [5.74, 6) is 1.53. The third-order valence-electron chi connectivity index (χ3n) is 10.7. The molecule has 0 N–H and O–H groups in total. The smallest absolute Gasteiger partial charge is 0.159 e. The quantitative estimate of drug-likeness (QED) is 0.186. The number of benzene rings is 3. The van der Waals surface area contributed by atoms with E-state index in [-0.39, 0.29) is 0 Å². The average Bonchev–Trinajstić information content (AvgIpc) is 3.71. The summed E-state index contributed by atoms with van der Waals surface area (Å²) in [6.07, 6.45) is 20.9. The molecule has 0 fully saturated rings. The van der Waals surface area contributed by atoms with Gasteiger partial charge in [0.25, 0.3) is 0 Å². The number of rotatable bonds is 4. The number of allylic oxidation sites excluding steroid dienone is 1. The molecule has 8 nitrogen and oxygen atoms in total. The summed E-state index contributed by atoms with van der Waals surface area (Å²) in [7, 11) is 0. The maximum atomic E-state index is 4.60. The van der Waals surface area contributed by atoms with Crippen LogP contribution < -0.4 is 0 Å². The molecule has 0 amide bonds. The molecule has 0 unspecified atom stereocenters. The van der Waals surface area contributed by atoms with E-state index in [4.69, 9.17) is 0 Å². The Kier molecular flexibility index (Phi) is 6.33. The Morgan fingerprint density at radius 1 is 0.481 bits per heavy atom. The van der Waals surface area contributed by atoms with E-state index in [1.165, 1.54) is 60.8 Å². The lowest BCUT2D eigenvalue weighted by atomic mass is 9.83. The van der Waals surface area contributed by atoms with Crippen molar-refractivity contribution in [3.05, 3.63) is 157 Å². The predicted octanol–water partition coefficient (Wildman–Crippen LogP) is 9.02. The molecule has 3 aromatic carbocycles. The van der Waals surface area contributed by atoms with Crippen LogP contribution in [0.3, 0.4) is 0 Å². The maximum absolute atomic E-state index is 4.60. The van der Waals surface area contributed by atoms with Crippen molar-refractivity contribution in [2.75, 3.05) is 0 Å². The largest absolute Gasteiger partial charge is 0.311 e. The lowest BCUT2D eigenvalue weighted by molar-refractivity contribution is 0.885. The van der Waals surface area contributed by atoms with Crippen molar-refractivity contribution in [3.63, 3.8) is 0 Å². The standard InChI is InChI=1S/C44H30N8/c1-5-31(25-45-13-1)51-39-11-9-29(43-47-15-3-16-48-43)21-35(39)37-19-27-7-8-28-20-38-36-22-30(44-49-17-4-18-50-44)10-12-40(36)52(32-6-2-14-46-26-32)42(38)24-34(28)33(27)23-41(37)51/h1-6,9,11,13-26H,7-8,10,12H2. The lowest BCUT2D eigenvalue weighted by Crippen LogP contribution is -2.07. The van der Waals surface area contributed by atoms with Crippen LogP contribution >= 0.6 is 0 Å². The molecule has 11 rings (SSSR count). The van der Waals surface area contributed by atoms with Gasteiger partial charge in [-0.15, -0.1) is 0 Å². The van der Waals surface area contributed by atoms with Crippen LogP contribution in [0.15, 0.2) is 128 Å². The van der Waals surface area contributed by atoms with Crippen LogP contribution in [0.5, 0.6) is 0 Å². The van der Waals surface area contributed by atoms with Gasteiger partial charge in [0.15, 0.2) is 11.6 Å². The fourth-order valence-corrected chi connectivity index (χ4v) is 8.43. The van der Waals surface area contributed by atoms with Gasteiger partial charge in [-0.2, -0.15) is 0 Å². The Labute approximate surface area is 298 Å². The first-order chi connectivity index (χ1) is 25.8. The van der Waals surface area contributed by atoms with Crippen molar-refractivity contribution >= 4 is 44.4 Å². The zero-order chi connectivity index (χ0) is 34.2. The van der Waals surface area contributed by atoms with E-state index in [2.05, 4.69) is 99.7 Å². The van der Waals surface area contributed by atoms with Crippen molar-refractivity contribution < 1.29 is 0 Å². The minimum atomic E-state index is 0.722. The molecule has 2 aliphatic carbocycles. The van der Waals surface area contributed by atoms with Crippen LogP contribution in [-0.4, -0.2) is 39.0 Å². The summed E-state index contributed by atoms with van der Waals surface area (Å²) in [5, 5.41) is 3.65. The second-order valence-corrected chi connectivity index (χ2v) is 13.6. The van der Waals surface area contributed by atoms with E-state index in [9.17, 15) is 0 Å². The van der Waals surface area contributed by atoms with E-state index < -0.39 is 0 Å². The van der Waals surface area contributed by atoms with Crippen LogP contribution in [0.1, 0.15) is 34.6 Å². The predicted molar refractivity (Wildman–Crippen MR) is 205 cm³/mol. The number of pyridine rings is 2. The van der Waals surface area contributed by atoms with Gasteiger partial charge in [0.2, 0.25) is 0 Å². The van der Waals surface area contributed by atoms with Gasteiger partial charge in [0.05, 0.1) is 40.3 Å². The Morgan fingerprint density at radius 2 is 1.10 bits per heavy atom. The summed E-state index contributed by atoms with van der Waals surface area (Å²) < 4.78 is 4.76. The normalized spacial score (nSPS) is 13.6. The summed E-state index contributed by atoms with van der Waals surface area (Å²) in [4.78, 5) is 27.3. The molecular formula is C44H30N8. The van der Waals surface area contributed by atoms with Gasteiger partial charge < -0.3 is 9.13 Å². The minimum Gasteiger partial charge on any atom is -0.311 e. The summed E-state index contributed by atoms with van der Waals surface area (Å²) >= 11 is 0. The molecule has 0 aliphatic heterocycles. The average molecular weight is 671 g/mol. The van der Waals surface area contributed by atoms with Gasteiger partial charge in [-0.1, -0.05) is 0 Å².